The lowest BCUT2D eigenvalue weighted by Crippen LogP contribution is -2.52. The van der Waals surface area contributed by atoms with Gasteiger partial charge in [-0.25, -0.2) is 0 Å². The van der Waals surface area contributed by atoms with Crippen LogP contribution in [-0.2, 0) is 0 Å². The van der Waals surface area contributed by atoms with Gasteiger partial charge in [-0.3, -0.25) is 0 Å². The van der Waals surface area contributed by atoms with Crippen LogP contribution >= 0.6 is 0 Å². The lowest BCUT2D eigenvalue weighted by atomic mass is 9.90. The van der Waals surface area contributed by atoms with Gasteiger partial charge in [-0.05, 0) is 13.3 Å². The summed E-state index contributed by atoms with van der Waals surface area (Å²) in [4.78, 5) is 0. The first-order chi connectivity index (χ1) is 5.06. The molecule has 11 heavy (non-hydrogen) atoms. The molecule has 0 N–H and O–H groups in total. The van der Waals surface area contributed by atoms with Crippen LogP contribution in [0.3, 0.4) is 0 Å². The van der Waals surface area contributed by atoms with Crippen LogP contribution in [0.25, 0.3) is 0 Å². The third kappa shape index (κ3) is 2.19. The van der Waals surface area contributed by atoms with E-state index in [0.29, 0.717) is 0 Å². The Balaban J connectivity index is 2.55. The lowest BCUT2D eigenvalue weighted by Gasteiger charge is -2.42. The number of piperidine rings is 1. The minimum atomic E-state index is 0.934. The van der Waals surface area contributed by atoms with Crippen molar-refractivity contribution < 1.29 is 4.48 Å². The molecule has 2 unspecified atom stereocenters. The second-order valence-corrected chi connectivity index (χ2v) is 4.75. The van der Waals surface area contributed by atoms with Crippen LogP contribution in [0.1, 0.15) is 27.2 Å². The van der Waals surface area contributed by atoms with E-state index >= 15 is 0 Å². The van der Waals surface area contributed by atoms with Gasteiger partial charge >= 0.3 is 0 Å². The van der Waals surface area contributed by atoms with Crippen LogP contribution in [0.4, 0.5) is 0 Å². The van der Waals surface area contributed by atoms with Crippen LogP contribution in [0.2, 0.25) is 0 Å². The van der Waals surface area contributed by atoms with E-state index in [4.69, 9.17) is 0 Å². The predicted molar refractivity (Wildman–Crippen MR) is 49.4 cm³/mol. The molecular formula is C10H22N+. The fraction of sp³-hybridized carbons (Fsp3) is 1.00. The molecule has 2 atom stereocenters. The number of nitrogens with zero attached hydrogens (tertiary/aromatic N) is 1. The summed E-state index contributed by atoms with van der Waals surface area (Å²) >= 11 is 0. The molecule has 0 radical (unpaired) electrons. The number of hydrogen-bond donors (Lipinski definition) is 0. The maximum atomic E-state index is 2.40. The second-order valence-electron chi connectivity index (χ2n) is 4.75. The molecule has 66 valence electrons. The molecule has 1 aliphatic heterocycles. The molecule has 1 heteroatoms. The number of hydrogen-bond acceptors (Lipinski definition) is 0. The average Bonchev–Trinajstić information content (AvgIpc) is 1.84. The van der Waals surface area contributed by atoms with E-state index in [2.05, 4.69) is 27.8 Å². The Morgan fingerprint density at radius 2 is 1.64 bits per heavy atom. The highest BCUT2D eigenvalue weighted by molar-refractivity contribution is 4.64. The minimum absolute atomic E-state index is 0.934. The monoisotopic (exact) mass is 156 g/mol. The fourth-order valence-corrected chi connectivity index (χ4v) is 2.67. The molecule has 0 spiro atoms. The van der Waals surface area contributed by atoms with Crippen molar-refractivity contribution in [1.82, 2.24) is 0 Å². The van der Waals surface area contributed by atoms with Crippen molar-refractivity contribution >= 4 is 0 Å². The van der Waals surface area contributed by atoms with Crippen molar-refractivity contribution in [2.45, 2.75) is 27.2 Å². The fourth-order valence-electron chi connectivity index (χ4n) is 2.67. The zero-order valence-electron chi connectivity index (χ0n) is 8.43. The standard InChI is InChI=1S/C10H22N/c1-5-11(4)7-9(2)6-10(3)8-11/h9-10H,5-8H2,1-4H3/q+1. The van der Waals surface area contributed by atoms with Gasteiger partial charge in [-0.1, -0.05) is 13.8 Å². The highest BCUT2D eigenvalue weighted by Crippen LogP contribution is 2.25. The first kappa shape index (κ1) is 9.05. The normalized spacial score (nSPS) is 45.8. The molecule has 0 amide bonds. The van der Waals surface area contributed by atoms with E-state index in [-0.39, 0.29) is 0 Å². The molecule has 1 heterocycles. The summed E-state index contributed by atoms with van der Waals surface area (Å²) in [7, 11) is 2.40. The third-order valence-electron chi connectivity index (χ3n) is 3.07. The quantitative estimate of drug-likeness (QED) is 0.510. The summed E-state index contributed by atoms with van der Waals surface area (Å²) < 4.78 is 1.29. The molecule has 1 nitrogen and oxygen atoms in total. The topological polar surface area (TPSA) is 0 Å². The Morgan fingerprint density at radius 1 is 1.18 bits per heavy atom. The maximum absolute atomic E-state index is 2.40. The number of rotatable bonds is 1. The molecule has 1 aliphatic rings. The van der Waals surface area contributed by atoms with Gasteiger partial charge < -0.3 is 4.48 Å². The van der Waals surface area contributed by atoms with E-state index < -0.39 is 0 Å². The molecule has 0 aliphatic carbocycles. The van der Waals surface area contributed by atoms with Crippen LogP contribution in [-0.4, -0.2) is 31.2 Å². The van der Waals surface area contributed by atoms with Gasteiger partial charge in [0.2, 0.25) is 0 Å². The van der Waals surface area contributed by atoms with E-state index in [0.717, 1.165) is 11.8 Å². The minimum Gasteiger partial charge on any atom is -0.326 e. The number of likely N-dealkylation sites (tertiary alicyclic amines) is 1. The molecule has 0 aromatic heterocycles. The van der Waals surface area contributed by atoms with E-state index in [9.17, 15) is 0 Å². The highest BCUT2D eigenvalue weighted by atomic mass is 15.3. The Labute approximate surface area is 71.0 Å². The van der Waals surface area contributed by atoms with E-state index in [1.807, 2.05) is 0 Å². The van der Waals surface area contributed by atoms with Gasteiger partial charge in [-0.15, -0.1) is 0 Å². The number of quaternary nitrogens is 1. The zero-order chi connectivity index (χ0) is 8.48. The van der Waals surface area contributed by atoms with Crippen molar-refractivity contribution in [3.05, 3.63) is 0 Å². The maximum Gasteiger partial charge on any atom is 0.0810 e. The molecular weight excluding hydrogens is 134 g/mol. The Kier molecular flexibility index (Phi) is 2.58. The molecule has 1 saturated heterocycles. The summed E-state index contributed by atoms with van der Waals surface area (Å²) in [6, 6.07) is 0. The molecule has 0 saturated carbocycles. The Hall–Kier alpha value is -0.0400. The van der Waals surface area contributed by atoms with Crippen molar-refractivity contribution in [2.75, 3.05) is 26.7 Å². The highest BCUT2D eigenvalue weighted by Gasteiger charge is 2.31. The summed E-state index contributed by atoms with van der Waals surface area (Å²) in [5.74, 6) is 1.87. The van der Waals surface area contributed by atoms with Gasteiger partial charge in [0.15, 0.2) is 0 Å². The molecule has 1 rings (SSSR count). The Bertz CT molecular complexity index is 121. The van der Waals surface area contributed by atoms with Gasteiger partial charge in [0, 0.05) is 11.8 Å². The second kappa shape index (κ2) is 3.14. The van der Waals surface area contributed by atoms with Gasteiger partial charge in [0.25, 0.3) is 0 Å². The van der Waals surface area contributed by atoms with Crippen LogP contribution in [0.15, 0.2) is 0 Å². The predicted octanol–water partition coefficient (Wildman–Crippen LogP) is 2.13. The van der Waals surface area contributed by atoms with Crippen molar-refractivity contribution in [1.29, 1.82) is 0 Å². The van der Waals surface area contributed by atoms with Gasteiger partial charge in [-0.2, -0.15) is 0 Å². The summed E-state index contributed by atoms with van der Waals surface area (Å²) in [6.45, 7) is 11.2. The summed E-state index contributed by atoms with van der Waals surface area (Å²) in [6.07, 6.45) is 1.44. The largest absolute Gasteiger partial charge is 0.326 e. The molecule has 0 aromatic carbocycles. The average molecular weight is 156 g/mol. The lowest BCUT2D eigenvalue weighted by molar-refractivity contribution is -0.919. The summed E-state index contributed by atoms with van der Waals surface area (Å²) in [5, 5.41) is 0. The first-order valence-electron chi connectivity index (χ1n) is 4.89. The molecule has 1 fully saturated rings. The Morgan fingerprint density at radius 3 is 2.00 bits per heavy atom. The van der Waals surface area contributed by atoms with Gasteiger partial charge in [0.1, 0.15) is 0 Å². The SMILES string of the molecule is CC[N+]1(C)CC(C)CC(C)C1. The smallest absolute Gasteiger partial charge is 0.0810 e. The van der Waals surface area contributed by atoms with Crippen LogP contribution < -0.4 is 0 Å². The molecule has 0 aromatic rings. The van der Waals surface area contributed by atoms with Crippen molar-refractivity contribution in [3.8, 4) is 0 Å². The zero-order valence-corrected chi connectivity index (χ0v) is 8.43. The molecule has 0 bridgehead atoms. The van der Waals surface area contributed by atoms with Crippen molar-refractivity contribution in [3.63, 3.8) is 0 Å². The summed E-state index contributed by atoms with van der Waals surface area (Å²) in [5.41, 5.74) is 0. The van der Waals surface area contributed by atoms with Crippen LogP contribution in [0.5, 0.6) is 0 Å². The van der Waals surface area contributed by atoms with Crippen molar-refractivity contribution in [2.24, 2.45) is 11.8 Å². The van der Waals surface area contributed by atoms with E-state index in [1.165, 1.54) is 30.5 Å². The third-order valence-corrected chi connectivity index (χ3v) is 3.07. The van der Waals surface area contributed by atoms with Gasteiger partial charge in [0.05, 0.1) is 26.7 Å². The van der Waals surface area contributed by atoms with E-state index in [1.54, 1.807) is 0 Å². The first-order valence-corrected chi connectivity index (χ1v) is 4.89. The van der Waals surface area contributed by atoms with Crippen LogP contribution in [0, 0.1) is 11.8 Å².